The molecule has 100 valence electrons. The van der Waals surface area contributed by atoms with Gasteiger partial charge in [0.05, 0.1) is 0 Å². The van der Waals surface area contributed by atoms with Crippen molar-refractivity contribution in [1.29, 1.82) is 0 Å². The molecule has 0 bridgehead atoms. The van der Waals surface area contributed by atoms with Crippen molar-refractivity contribution in [2.75, 3.05) is 5.33 Å². The Morgan fingerprint density at radius 3 is 2.59 bits per heavy atom. The highest BCUT2D eigenvalue weighted by Gasteiger charge is 2.37. The van der Waals surface area contributed by atoms with Crippen LogP contribution in [-0.4, -0.2) is 17.3 Å². The monoisotopic (exact) mass is 303 g/mol. The van der Waals surface area contributed by atoms with Crippen molar-refractivity contribution in [3.63, 3.8) is 0 Å². The van der Waals surface area contributed by atoms with E-state index in [1.807, 2.05) is 0 Å². The van der Waals surface area contributed by atoms with E-state index in [1.54, 1.807) is 0 Å². The molecule has 0 aliphatic heterocycles. The molecule has 1 aliphatic rings. The number of nitrogens with one attached hydrogen (secondary N) is 1. The molecule has 0 radical (unpaired) electrons. The van der Waals surface area contributed by atoms with Crippen LogP contribution in [0.25, 0.3) is 0 Å². The van der Waals surface area contributed by atoms with E-state index < -0.39 is 0 Å². The summed E-state index contributed by atoms with van der Waals surface area (Å²) in [6, 6.07) is 0.250. The van der Waals surface area contributed by atoms with Crippen molar-refractivity contribution in [2.24, 2.45) is 17.3 Å². The zero-order valence-corrected chi connectivity index (χ0v) is 13.1. The van der Waals surface area contributed by atoms with Crippen LogP contribution in [0.2, 0.25) is 0 Å². The van der Waals surface area contributed by atoms with Gasteiger partial charge in [0.2, 0.25) is 5.91 Å². The fourth-order valence-corrected chi connectivity index (χ4v) is 3.14. The van der Waals surface area contributed by atoms with Crippen LogP contribution in [0.1, 0.15) is 53.4 Å². The van der Waals surface area contributed by atoms with Crippen LogP contribution in [0, 0.1) is 17.3 Å². The summed E-state index contributed by atoms with van der Waals surface area (Å²) in [4.78, 5) is 12.3. The fraction of sp³-hybridized carbons (Fsp3) is 0.929. The van der Waals surface area contributed by atoms with Gasteiger partial charge in [-0.15, -0.1) is 0 Å². The zero-order chi connectivity index (χ0) is 13.1. The highest BCUT2D eigenvalue weighted by molar-refractivity contribution is 9.09. The van der Waals surface area contributed by atoms with E-state index in [0.29, 0.717) is 5.92 Å². The van der Waals surface area contributed by atoms with E-state index >= 15 is 0 Å². The van der Waals surface area contributed by atoms with Gasteiger partial charge in [0.15, 0.2) is 0 Å². The Balaban J connectivity index is 2.57. The molecule has 0 aromatic rings. The molecule has 1 rings (SSSR count). The molecule has 3 unspecified atom stereocenters. The molecule has 1 fully saturated rings. The minimum absolute atomic E-state index is 0.166. The lowest BCUT2D eigenvalue weighted by molar-refractivity contribution is -0.131. The lowest BCUT2D eigenvalue weighted by Gasteiger charge is -2.38. The molecule has 3 atom stereocenters. The van der Waals surface area contributed by atoms with Gasteiger partial charge in [-0.05, 0) is 31.1 Å². The molecule has 0 spiro atoms. The van der Waals surface area contributed by atoms with Gasteiger partial charge in [0, 0.05) is 17.3 Å². The molecule has 0 saturated heterocycles. The van der Waals surface area contributed by atoms with Crippen molar-refractivity contribution >= 4 is 21.8 Å². The summed E-state index contributed by atoms with van der Waals surface area (Å²) in [7, 11) is 0. The third-order valence-corrected chi connectivity index (χ3v) is 5.31. The van der Waals surface area contributed by atoms with Crippen LogP contribution >= 0.6 is 15.9 Å². The third kappa shape index (κ3) is 3.97. The fourth-order valence-electron chi connectivity index (χ4n) is 2.58. The molecule has 2 nitrogen and oxygen atoms in total. The minimum Gasteiger partial charge on any atom is -0.353 e. The Kier molecular flexibility index (Phi) is 5.49. The van der Waals surface area contributed by atoms with E-state index in [4.69, 9.17) is 0 Å². The maximum atomic E-state index is 12.3. The normalized spacial score (nSPS) is 27.2. The number of carbonyl (C=O) groups is 1. The topological polar surface area (TPSA) is 29.1 Å². The summed E-state index contributed by atoms with van der Waals surface area (Å²) in [6.45, 7) is 8.72. The van der Waals surface area contributed by atoms with E-state index in [2.05, 4.69) is 48.9 Å². The Hall–Kier alpha value is -0.0500. The first kappa shape index (κ1) is 15.0. The Labute approximate surface area is 114 Å². The molecule has 1 aliphatic carbocycles. The first-order valence-corrected chi connectivity index (χ1v) is 7.87. The smallest absolute Gasteiger partial charge is 0.223 e. The lowest BCUT2D eigenvalue weighted by Crippen LogP contribution is -2.46. The van der Waals surface area contributed by atoms with Crippen molar-refractivity contribution in [2.45, 2.75) is 59.4 Å². The number of hydrogen-bond donors (Lipinski definition) is 1. The predicted octanol–water partition coefficient (Wildman–Crippen LogP) is 3.74. The summed E-state index contributed by atoms with van der Waals surface area (Å²) >= 11 is 3.47. The summed E-state index contributed by atoms with van der Waals surface area (Å²) in [5, 5.41) is 4.12. The summed E-state index contributed by atoms with van der Waals surface area (Å²) in [5.74, 6) is 0.932. The molecular formula is C14H26BrNO. The SMILES string of the molecule is CC(CBr)C(C)NC(=O)C1CCCCC1(C)C. The third-order valence-electron chi connectivity index (χ3n) is 4.29. The summed E-state index contributed by atoms with van der Waals surface area (Å²) in [6.07, 6.45) is 4.69. The van der Waals surface area contributed by atoms with Crippen LogP contribution in [0.3, 0.4) is 0 Å². The Morgan fingerprint density at radius 2 is 2.06 bits per heavy atom. The van der Waals surface area contributed by atoms with Gasteiger partial charge in [0.1, 0.15) is 0 Å². The Bertz CT molecular complexity index is 265. The number of alkyl halides is 1. The van der Waals surface area contributed by atoms with Gasteiger partial charge in [0.25, 0.3) is 0 Å². The molecule has 1 N–H and O–H groups in total. The van der Waals surface area contributed by atoms with Crippen molar-refractivity contribution in [3.8, 4) is 0 Å². The van der Waals surface area contributed by atoms with Gasteiger partial charge in [-0.1, -0.05) is 49.5 Å². The molecule has 17 heavy (non-hydrogen) atoms. The maximum Gasteiger partial charge on any atom is 0.223 e. The largest absolute Gasteiger partial charge is 0.353 e. The van der Waals surface area contributed by atoms with Crippen molar-refractivity contribution < 1.29 is 4.79 Å². The molecule has 1 amide bonds. The number of rotatable bonds is 4. The van der Waals surface area contributed by atoms with E-state index in [0.717, 1.165) is 11.8 Å². The Morgan fingerprint density at radius 1 is 1.41 bits per heavy atom. The number of carbonyl (C=O) groups excluding carboxylic acids is 1. The van der Waals surface area contributed by atoms with E-state index in [1.165, 1.54) is 19.3 Å². The molecule has 0 aromatic carbocycles. The molecule has 1 saturated carbocycles. The molecule has 0 aromatic heterocycles. The van der Waals surface area contributed by atoms with Crippen LogP contribution in [-0.2, 0) is 4.79 Å². The van der Waals surface area contributed by atoms with Gasteiger partial charge in [-0.3, -0.25) is 4.79 Å². The summed E-state index contributed by atoms with van der Waals surface area (Å²) < 4.78 is 0. The lowest BCUT2D eigenvalue weighted by atomic mass is 9.68. The van der Waals surface area contributed by atoms with E-state index in [9.17, 15) is 4.79 Å². The van der Waals surface area contributed by atoms with Crippen LogP contribution in [0.4, 0.5) is 0 Å². The minimum atomic E-state index is 0.166. The molecule has 0 heterocycles. The van der Waals surface area contributed by atoms with Gasteiger partial charge in [-0.2, -0.15) is 0 Å². The zero-order valence-electron chi connectivity index (χ0n) is 11.6. The number of amides is 1. The summed E-state index contributed by atoms with van der Waals surface area (Å²) in [5.41, 5.74) is 0.166. The second-order valence-corrected chi connectivity index (χ2v) is 6.86. The molecular weight excluding hydrogens is 278 g/mol. The quantitative estimate of drug-likeness (QED) is 0.788. The number of hydrogen-bond acceptors (Lipinski definition) is 1. The average Bonchev–Trinajstić information content (AvgIpc) is 2.26. The first-order chi connectivity index (χ1) is 7.88. The van der Waals surface area contributed by atoms with Gasteiger partial charge in [-0.25, -0.2) is 0 Å². The van der Waals surface area contributed by atoms with Crippen LogP contribution in [0.15, 0.2) is 0 Å². The van der Waals surface area contributed by atoms with Crippen LogP contribution < -0.4 is 5.32 Å². The van der Waals surface area contributed by atoms with Crippen LogP contribution in [0.5, 0.6) is 0 Å². The van der Waals surface area contributed by atoms with Gasteiger partial charge < -0.3 is 5.32 Å². The highest BCUT2D eigenvalue weighted by Crippen LogP contribution is 2.40. The first-order valence-electron chi connectivity index (χ1n) is 6.75. The second kappa shape index (κ2) is 6.21. The average molecular weight is 304 g/mol. The van der Waals surface area contributed by atoms with Gasteiger partial charge >= 0.3 is 0 Å². The number of halogens is 1. The van der Waals surface area contributed by atoms with E-state index in [-0.39, 0.29) is 23.3 Å². The maximum absolute atomic E-state index is 12.3. The second-order valence-electron chi connectivity index (χ2n) is 6.22. The molecule has 3 heteroatoms. The van der Waals surface area contributed by atoms with Crippen molar-refractivity contribution in [3.05, 3.63) is 0 Å². The highest BCUT2D eigenvalue weighted by atomic mass is 79.9. The standard InChI is InChI=1S/C14H26BrNO/c1-10(9-15)11(2)16-13(17)12-7-5-6-8-14(12,3)4/h10-12H,5-9H2,1-4H3,(H,16,17). The predicted molar refractivity (Wildman–Crippen MR) is 76.3 cm³/mol. The van der Waals surface area contributed by atoms with Crippen molar-refractivity contribution in [1.82, 2.24) is 5.32 Å².